The van der Waals surface area contributed by atoms with Crippen LogP contribution < -0.4 is 4.72 Å². The molecule has 1 N–H and O–H groups in total. The highest BCUT2D eigenvalue weighted by molar-refractivity contribution is 7.88. The Balaban J connectivity index is 1.85. The molecule has 0 unspecified atom stereocenters. The number of morpholine rings is 1. The maximum Gasteiger partial charge on any atom is 0.237 e. The number of amides is 1. The minimum Gasteiger partial charge on any atom is -0.378 e. The highest BCUT2D eigenvalue weighted by atomic mass is 32.2. The number of rotatable bonds is 5. The van der Waals surface area contributed by atoms with Crippen LogP contribution >= 0.6 is 0 Å². The zero-order valence-electron chi connectivity index (χ0n) is 11.4. The molecule has 0 spiro atoms. The molecule has 1 aliphatic rings. The van der Waals surface area contributed by atoms with Gasteiger partial charge in [0, 0.05) is 13.1 Å². The fourth-order valence-electron chi connectivity index (χ4n) is 1.95. The summed E-state index contributed by atoms with van der Waals surface area (Å²) in [5.74, 6) is -0.989. The lowest BCUT2D eigenvalue weighted by atomic mass is 10.2. The van der Waals surface area contributed by atoms with Gasteiger partial charge in [-0.05, 0) is 17.7 Å². The molecule has 1 heterocycles. The van der Waals surface area contributed by atoms with Crippen LogP contribution in [-0.4, -0.2) is 52.1 Å². The van der Waals surface area contributed by atoms with Crippen LogP contribution in [0, 0.1) is 5.82 Å². The Morgan fingerprint density at radius 3 is 2.48 bits per heavy atom. The van der Waals surface area contributed by atoms with E-state index in [0.29, 0.717) is 31.9 Å². The summed E-state index contributed by atoms with van der Waals surface area (Å²) in [6.07, 6.45) is 0. The summed E-state index contributed by atoms with van der Waals surface area (Å²) in [4.78, 5) is 13.4. The van der Waals surface area contributed by atoms with E-state index in [0.717, 1.165) is 0 Å². The van der Waals surface area contributed by atoms with Gasteiger partial charge in [-0.3, -0.25) is 4.79 Å². The third kappa shape index (κ3) is 5.07. The predicted octanol–water partition coefficient (Wildman–Crippen LogP) is 0.104. The summed E-state index contributed by atoms with van der Waals surface area (Å²) in [6.45, 7) is 1.60. The van der Waals surface area contributed by atoms with E-state index >= 15 is 0 Å². The average molecular weight is 316 g/mol. The summed E-state index contributed by atoms with van der Waals surface area (Å²) in [7, 11) is -3.63. The van der Waals surface area contributed by atoms with Crippen molar-refractivity contribution >= 4 is 15.9 Å². The number of hydrogen-bond acceptors (Lipinski definition) is 4. The number of benzene rings is 1. The summed E-state index contributed by atoms with van der Waals surface area (Å²) < 4.78 is 43.9. The number of halogens is 1. The molecule has 0 radical (unpaired) electrons. The van der Waals surface area contributed by atoms with Crippen molar-refractivity contribution in [1.29, 1.82) is 0 Å². The predicted molar refractivity (Wildman–Crippen MR) is 74.4 cm³/mol. The SMILES string of the molecule is O=C(CNS(=O)(=O)Cc1ccc(F)cc1)N1CCOCC1. The van der Waals surface area contributed by atoms with Crippen LogP contribution in [0.5, 0.6) is 0 Å². The van der Waals surface area contributed by atoms with Crippen LogP contribution in [0.15, 0.2) is 24.3 Å². The Morgan fingerprint density at radius 2 is 1.86 bits per heavy atom. The van der Waals surface area contributed by atoms with Crippen molar-refractivity contribution in [2.45, 2.75) is 5.75 Å². The molecule has 0 aliphatic carbocycles. The van der Waals surface area contributed by atoms with Gasteiger partial charge in [0.2, 0.25) is 15.9 Å². The largest absolute Gasteiger partial charge is 0.378 e. The molecular weight excluding hydrogens is 299 g/mol. The molecule has 1 saturated heterocycles. The molecule has 0 saturated carbocycles. The number of nitrogens with zero attached hydrogens (tertiary/aromatic N) is 1. The van der Waals surface area contributed by atoms with Gasteiger partial charge in [0.1, 0.15) is 5.82 Å². The monoisotopic (exact) mass is 316 g/mol. The van der Waals surface area contributed by atoms with E-state index in [1.807, 2.05) is 0 Å². The molecule has 8 heteroatoms. The van der Waals surface area contributed by atoms with E-state index in [1.165, 1.54) is 24.3 Å². The van der Waals surface area contributed by atoms with E-state index < -0.39 is 15.8 Å². The maximum atomic E-state index is 12.8. The summed E-state index contributed by atoms with van der Waals surface area (Å²) >= 11 is 0. The van der Waals surface area contributed by atoms with Crippen molar-refractivity contribution in [3.63, 3.8) is 0 Å². The fourth-order valence-corrected chi connectivity index (χ4v) is 3.02. The lowest BCUT2D eigenvalue weighted by molar-refractivity contribution is -0.133. The Kier molecular flexibility index (Phi) is 5.27. The third-order valence-electron chi connectivity index (χ3n) is 3.08. The van der Waals surface area contributed by atoms with E-state index in [9.17, 15) is 17.6 Å². The van der Waals surface area contributed by atoms with Crippen LogP contribution in [0.1, 0.15) is 5.56 Å². The number of nitrogens with one attached hydrogen (secondary N) is 1. The van der Waals surface area contributed by atoms with Gasteiger partial charge in [0.25, 0.3) is 0 Å². The van der Waals surface area contributed by atoms with Crippen LogP contribution in [0.2, 0.25) is 0 Å². The molecule has 1 amide bonds. The molecule has 1 aliphatic heterocycles. The minimum atomic E-state index is -3.63. The Bertz CT molecular complexity index is 583. The second kappa shape index (κ2) is 6.97. The number of ether oxygens (including phenoxy) is 1. The molecule has 1 aromatic carbocycles. The van der Waals surface area contributed by atoms with Crippen LogP contribution in [-0.2, 0) is 25.3 Å². The van der Waals surface area contributed by atoms with Gasteiger partial charge in [-0.1, -0.05) is 12.1 Å². The first-order valence-corrected chi connectivity index (χ1v) is 8.19. The molecule has 0 aromatic heterocycles. The smallest absolute Gasteiger partial charge is 0.237 e. The van der Waals surface area contributed by atoms with E-state index in [-0.39, 0.29) is 18.2 Å². The van der Waals surface area contributed by atoms with Gasteiger partial charge in [-0.15, -0.1) is 0 Å². The van der Waals surface area contributed by atoms with E-state index in [4.69, 9.17) is 4.74 Å². The van der Waals surface area contributed by atoms with Crippen molar-refractivity contribution in [2.75, 3.05) is 32.8 Å². The average Bonchev–Trinajstić information content (AvgIpc) is 2.48. The van der Waals surface area contributed by atoms with Gasteiger partial charge in [0.05, 0.1) is 25.5 Å². The zero-order valence-corrected chi connectivity index (χ0v) is 12.2. The Morgan fingerprint density at radius 1 is 1.24 bits per heavy atom. The Hall–Kier alpha value is -1.51. The summed E-state index contributed by atoms with van der Waals surface area (Å²) in [5, 5.41) is 0. The molecule has 1 aromatic rings. The molecule has 2 rings (SSSR count). The van der Waals surface area contributed by atoms with Crippen LogP contribution in [0.3, 0.4) is 0 Å². The van der Waals surface area contributed by atoms with Crippen molar-refractivity contribution in [3.8, 4) is 0 Å². The normalized spacial score (nSPS) is 16.0. The third-order valence-corrected chi connectivity index (χ3v) is 4.37. The first-order valence-electron chi connectivity index (χ1n) is 6.53. The molecule has 21 heavy (non-hydrogen) atoms. The van der Waals surface area contributed by atoms with Gasteiger partial charge < -0.3 is 9.64 Å². The van der Waals surface area contributed by atoms with E-state index in [1.54, 1.807) is 4.90 Å². The van der Waals surface area contributed by atoms with Gasteiger partial charge in [0.15, 0.2) is 0 Å². The van der Waals surface area contributed by atoms with Gasteiger partial charge in [-0.25, -0.2) is 17.5 Å². The van der Waals surface area contributed by atoms with Crippen molar-refractivity contribution < 1.29 is 22.3 Å². The minimum absolute atomic E-state index is 0.274. The Labute approximate surface area is 122 Å². The van der Waals surface area contributed by atoms with Crippen molar-refractivity contribution in [3.05, 3.63) is 35.6 Å². The topological polar surface area (TPSA) is 75.7 Å². The first kappa shape index (κ1) is 15.9. The second-order valence-electron chi connectivity index (χ2n) is 4.70. The first-order chi connectivity index (χ1) is 9.96. The van der Waals surface area contributed by atoms with Crippen molar-refractivity contribution in [2.24, 2.45) is 0 Å². The summed E-state index contributed by atoms with van der Waals surface area (Å²) in [6, 6.07) is 5.20. The number of sulfonamides is 1. The molecule has 0 atom stereocenters. The molecular formula is C13H17FN2O4S. The molecule has 6 nitrogen and oxygen atoms in total. The van der Waals surface area contributed by atoms with Crippen molar-refractivity contribution in [1.82, 2.24) is 9.62 Å². The number of carbonyl (C=O) groups excluding carboxylic acids is 1. The number of hydrogen-bond donors (Lipinski definition) is 1. The lowest BCUT2D eigenvalue weighted by Gasteiger charge is -2.26. The maximum absolute atomic E-state index is 12.8. The fraction of sp³-hybridized carbons (Fsp3) is 0.462. The quantitative estimate of drug-likeness (QED) is 0.836. The summed E-state index contributed by atoms with van der Waals surface area (Å²) in [5.41, 5.74) is 0.461. The van der Waals surface area contributed by atoms with Crippen LogP contribution in [0.25, 0.3) is 0 Å². The number of carbonyl (C=O) groups is 1. The zero-order chi connectivity index (χ0) is 15.3. The van der Waals surface area contributed by atoms with Crippen LogP contribution in [0.4, 0.5) is 4.39 Å². The lowest BCUT2D eigenvalue weighted by Crippen LogP contribution is -2.45. The highest BCUT2D eigenvalue weighted by Gasteiger charge is 2.19. The molecule has 0 bridgehead atoms. The highest BCUT2D eigenvalue weighted by Crippen LogP contribution is 2.06. The second-order valence-corrected chi connectivity index (χ2v) is 6.51. The van der Waals surface area contributed by atoms with E-state index in [2.05, 4.69) is 4.72 Å². The molecule has 1 fully saturated rings. The van der Waals surface area contributed by atoms with Gasteiger partial charge >= 0.3 is 0 Å². The standard InChI is InChI=1S/C13H17FN2O4S/c14-12-3-1-11(2-4-12)10-21(18,19)15-9-13(17)16-5-7-20-8-6-16/h1-4,15H,5-10H2. The van der Waals surface area contributed by atoms with Gasteiger partial charge in [-0.2, -0.15) is 0 Å². The molecule has 116 valence electrons.